The van der Waals surface area contributed by atoms with Gasteiger partial charge in [0, 0.05) is 6.54 Å². The van der Waals surface area contributed by atoms with Crippen LogP contribution in [0.5, 0.6) is 5.75 Å². The van der Waals surface area contributed by atoms with Crippen LogP contribution in [0, 0.1) is 0 Å². The highest BCUT2D eigenvalue weighted by molar-refractivity contribution is 5.88. The van der Waals surface area contributed by atoms with E-state index in [1.165, 1.54) is 11.1 Å². The number of benzene rings is 2. The van der Waals surface area contributed by atoms with E-state index in [1.807, 2.05) is 32.3 Å². The SMILES string of the molecule is CN(C)CCOc1ccc(Cc2ccccc2)cc1.O=C(O)CC(O)(CC(=O)O)C(=O)O. The third-order valence-corrected chi connectivity index (χ3v) is 4.27. The molecule has 0 saturated carbocycles. The fourth-order valence-electron chi connectivity index (χ4n) is 2.60. The quantitative estimate of drug-likeness (QED) is 0.406. The van der Waals surface area contributed by atoms with Crippen molar-refractivity contribution in [2.45, 2.75) is 24.9 Å². The number of rotatable bonds is 11. The largest absolute Gasteiger partial charge is 0.492 e. The molecule has 0 heterocycles. The fourth-order valence-corrected chi connectivity index (χ4v) is 2.60. The Bertz CT molecular complexity index is 849. The number of carbonyl (C=O) groups is 3. The molecule has 4 N–H and O–H groups in total. The number of hydrogen-bond acceptors (Lipinski definition) is 6. The van der Waals surface area contributed by atoms with Gasteiger partial charge in [-0.2, -0.15) is 0 Å². The Morgan fingerprint density at radius 1 is 0.844 bits per heavy atom. The molecule has 0 amide bonds. The number of aliphatic hydroxyl groups is 1. The van der Waals surface area contributed by atoms with E-state index in [9.17, 15) is 14.4 Å². The minimum Gasteiger partial charge on any atom is -0.492 e. The van der Waals surface area contributed by atoms with Gasteiger partial charge in [0.1, 0.15) is 12.4 Å². The zero-order valence-electron chi connectivity index (χ0n) is 18.1. The Kier molecular flexibility index (Phi) is 10.9. The van der Waals surface area contributed by atoms with Crippen LogP contribution in [0.15, 0.2) is 54.6 Å². The molecule has 0 aromatic heterocycles. The Balaban J connectivity index is 0.000000347. The van der Waals surface area contributed by atoms with Gasteiger partial charge < -0.3 is 30.1 Å². The molecular weight excluding hydrogens is 418 g/mol. The summed E-state index contributed by atoms with van der Waals surface area (Å²) in [5, 5.41) is 33.8. The lowest BCUT2D eigenvalue weighted by Gasteiger charge is -2.18. The van der Waals surface area contributed by atoms with E-state index in [4.69, 9.17) is 25.2 Å². The lowest BCUT2D eigenvalue weighted by molar-refractivity contribution is -0.170. The van der Waals surface area contributed by atoms with Crippen molar-refractivity contribution in [3.05, 3.63) is 65.7 Å². The van der Waals surface area contributed by atoms with Crippen molar-refractivity contribution in [2.24, 2.45) is 0 Å². The van der Waals surface area contributed by atoms with Crippen molar-refractivity contribution >= 4 is 17.9 Å². The molecule has 9 heteroatoms. The number of carboxylic acid groups (broad SMARTS) is 3. The first-order chi connectivity index (χ1) is 15.0. The van der Waals surface area contributed by atoms with Crippen molar-refractivity contribution < 1.29 is 39.5 Å². The molecule has 9 nitrogen and oxygen atoms in total. The molecule has 0 saturated heterocycles. The molecule has 0 fully saturated rings. The van der Waals surface area contributed by atoms with Crippen molar-refractivity contribution in [3.8, 4) is 5.75 Å². The summed E-state index contributed by atoms with van der Waals surface area (Å²) in [6, 6.07) is 18.9. The van der Waals surface area contributed by atoms with Crippen LogP contribution in [0.2, 0.25) is 0 Å². The van der Waals surface area contributed by atoms with Crippen LogP contribution in [-0.4, -0.2) is 76.1 Å². The van der Waals surface area contributed by atoms with Crippen LogP contribution >= 0.6 is 0 Å². The number of ether oxygens (including phenoxy) is 1. The summed E-state index contributed by atoms with van der Waals surface area (Å²) in [5.41, 5.74) is -0.0903. The minimum atomic E-state index is -2.74. The number of nitrogens with zero attached hydrogens (tertiary/aromatic N) is 1. The number of carboxylic acids is 3. The maximum absolute atomic E-state index is 10.3. The van der Waals surface area contributed by atoms with Gasteiger partial charge in [-0.05, 0) is 43.8 Å². The highest BCUT2D eigenvalue weighted by Crippen LogP contribution is 2.16. The summed E-state index contributed by atoms with van der Waals surface area (Å²) >= 11 is 0. The minimum absolute atomic E-state index is 0.727. The second kappa shape index (κ2) is 13.1. The van der Waals surface area contributed by atoms with Gasteiger partial charge in [-0.1, -0.05) is 42.5 Å². The molecule has 32 heavy (non-hydrogen) atoms. The van der Waals surface area contributed by atoms with Crippen LogP contribution < -0.4 is 4.74 Å². The van der Waals surface area contributed by atoms with Gasteiger partial charge in [-0.25, -0.2) is 4.79 Å². The Labute approximate surface area is 186 Å². The molecule has 0 aliphatic heterocycles. The van der Waals surface area contributed by atoms with Crippen molar-refractivity contribution in [1.82, 2.24) is 4.90 Å². The van der Waals surface area contributed by atoms with Gasteiger partial charge in [0.05, 0.1) is 12.8 Å². The third kappa shape index (κ3) is 10.6. The van der Waals surface area contributed by atoms with Gasteiger partial charge in [-0.3, -0.25) is 9.59 Å². The number of likely N-dealkylation sites (N-methyl/N-ethyl adjacent to an activating group) is 1. The number of aliphatic carboxylic acids is 3. The summed E-state index contributed by atoms with van der Waals surface area (Å²) in [5.74, 6) is -4.08. The Morgan fingerprint density at radius 2 is 1.34 bits per heavy atom. The molecule has 174 valence electrons. The van der Waals surface area contributed by atoms with Gasteiger partial charge in [0.15, 0.2) is 5.60 Å². The van der Waals surface area contributed by atoms with E-state index < -0.39 is 36.4 Å². The maximum atomic E-state index is 10.3. The zero-order valence-corrected chi connectivity index (χ0v) is 18.1. The molecule has 0 atom stereocenters. The van der Waals surface area contributed by atoms with Crippen LogP contribution in [0.4, 0.5) is 0 Å². The predicted octanol–water partition coefficient (Wildman–Crippen LogP) is 1.97. The average molecular weight is 447 g/mol. The summed E-state index contributed by atoms with van der Waals surface area (Å²) in [7, 11) is 4.10. The second-order valence-electron chi connectivity index (χ2n) is 7.44. The van der Waals surface area contributed by atoms with Crippen molar-refractivity contribution in [1.29, 1.82) is 0 Å². The second-order valence-corrected chi connectivity index (χ2v) is 7.44. The van der Waals surface area contributed by atoms with E-state index >= 15 is 0 Å². The molecular formula is C23H29NO8. The standard InChI is InChI=1S/C17H21NO.C6H8O7/c1-18(2)12-13-19-17-10-8-16(9-11-17)14-15-6-4-3-5-7-15;7-3(8)1-6(13,5(11)12)2-4(9)10/h3-11H,12-14H2,1-2H3;13H,1-2H2,(H,7,8)(H,9,10)(H,11,12). The average Bonchev–Trinajstić information content (AvgIpc) is 2.69. The van der Waals surface area contributed by atoms with Crippen LogP contribution in [0.3, 0.4) is 0 Å². The molecule has 2 aromatic rings. The molecule has 0 unspecified atom stereocenters. The highest BCUT2D eigenvalue weighted by Gasteiger charge is 2.40. The third-order valence-electron chi connectivity index (χ3n) is 4.27. The van der Waals surface area contributed by atoms with Gasteiger partial charge in [0.25, 0.3) is 0 Å². The lowest BCUT2D eigenvalue weighted by atomic mass is 9.96. The van der Waals surface area contributed by atoms with Crippen LogP contribution in [0.25, 0.3) is 0 Å². The van der Waals surface area contributed by atoms with Gasteiger partial charge >= 0.3 is 17.9 Å². The first kappa shape index (κ1) is 26.6. The van der Waals surface area contributed by atoms with Gasteiger partial charge in [0.2, 0.25) is 0 Å². The smallest absolute Gasteiger partial charge is 0.336 e. The Hall–Kier alpha value is -3.43. The number of hydrogen-bond donors (Lipinski definition) is 4. The molecule has 2 aromatic carbocycles. The zero-order chi connectivity index (χ0) is 24.1. The summed E-state index contributed by atoms with van der Waals surface area (Å²) in [6.45, 7) is 1.66. The molecule has 2 rings (SSSR count). The molecule has 0 aliphatic carbocycles. The monoisotopic (exact) mass is 447 g/mol. The van der Waals surface area contributed by atoms with Gasteiger partial charge in [-0.15, -0.1) is 0 Å². The summed E-state index contributed by atoms with van der Waals surface area (Å²) < 4.78 is 5.68. The van der Waals surface area contributed by atoms with E-state index in [0.29, 0.717) is 0 Å². The summed E-state index contributed by atoms with van der Waals surface area (Å²) in [4.78, 5) is 32.6. The summed E-state index contributed by atoms with van der Waals surface area (Å²) in [6.07, 6.45) is -1.32. The normalized spacial score (nSPS) is 10.8. The molecule has 0 radical (unpaired) electrons. The van der Waals surface area contributed by atoms with Crippen LogP contribution in [0.1, 0.15) is 24.0 Å². The predicted molar refractivity (Wildman–Crippen MR) is 117 cm³/mol. The van der Waals surface area contributed by atoms with Crippen molar-refractivity contribution in [3.63, 3.8) is 0 Å². The fraction of sp³-hybridized carbons (Fsp3) is 0.348. The molecule has 0 aliphatic rings. The first-order valence-corrected chi connectivity index (χ1v) is 9.81. The van der Waals surface area contributed by atoms with Crippen molar-refractivity contribution in [2.75, 3.05) is 27.2 Å². The van der Waals surface area contributed by atoms with E-state index in [2.05, 4.69) is 41.3 Å². The Morgan fingerprint density at radius 3 is 1.78 bits per heavy atom. The maximum Gasteiger partial charge on any atom is 0.336 e. The molecule has 0 bridgehead atoms. The first-order valence-electron chi connectivity index (χ1n) is 9.81. The topological polar surface area (TPSA) is 145 Å². The van der Waals surface area contributed by atoms with E-state index in [-0.39, 0.29) is 0 Å². The van der Waals surface area contributed by atoms with Crippen LogP contribution in [-0.2, 0) is 20.8 Å². The highest BCUT2D eigenvalue weighted by atomic mass is 16.5. The lowest BCUT2D eigenvalue weighted by Crippen LogP contribution is -2.42. The van der Waals surface area contributed by atoms with E-state index in [1.54, 1.807) is 0 Å². The molecule has 0 spiro atoms. The van der Waals surface area contributed by atoms with E-state index in [0.717, 1.165) is 25.3 Å².